The Kier molecular flexibility index (Phi) is 2.38. The molecule has 0 bridgehead atoms. The highest BCUT2D eigenvalue weighted by atomic mass is 15.2. The lowest BCUT2D eigenvalue weighted by Crippen LogP contribution is -1.97. The number of hydrogen-bond donors (Lipinski definition) is 1. The molecule has 2 heterocycles. The van der Waals surface area contributed by atoms with Crippen LogP contribution in [0, 0.1) is 0 Å². The third kappa shape index (κ3) is 1.92. The second-order valence-corrected chi connectivity index (χ2v) is 3.62. The van der Waals surface area contributed by atoms with Gasteiger partial charge in [0.1, 0.15) is 5.82 Å². The van der Waals surface area contributed by atoms with Crippen molar-refractivity contribution in [3.63, 3.8) is 0 Å². The zero-order valence-electron chi connectivity index (χ0n) is 9.04. The van der Waals surface area contributed by atoms with Crippen LogP contribution in [-0.4, -0.2) is 15.2 Å². The lowest BCUT2D eigenvalue weighted by atomic mass is 10.2. The van der Waals surface area contributed by atoms with E-state index in [1.54, 1.807) is 12.4 Å². The number of anilines is 2. The van der Waals surface area contributed by atoms with Crippen LogP contribution in [0.15, 0.2) is 54.9 Å². The summed E-state index contributed by atoms with van der Waals surface area (Å²) in [5.41, 5.74) is 0. The van der Waals surface area contributed by atoms with Crippen LogP contribution in [0.1, 0.15) is 0 Å². The monoisotopic (exact) mass is 222 g/mol. The van der Waals surface area contributed by atoms with Crippen molar-refractivity contribution in [1.29, 1.82) is 0 Å². The first kappa shape index (κ1) is 9.72. The van der Waals surface area contributed by atoms with Crippen molar-refractivity contribution in [2.45, 2.75) is 0 Å². The fourth-order valence-corrected chi connectivity index (χ4v) is 1.68. The molecule has 1 aromatic carbocycles. The summed E-state index contributed by atoms with van der Waals surface area (Å²) in [7, 11) is 0. The maximum atomic E-state index is 4.20. The quantitative estimate of drug-likeness (QED) is 0.724. The van der Waals surface area contributed by atoms with Gasteiger partial charge in [0.15, 0.2) is 5.82 Å². The predicted octanol–water partition coefficient (Wildman–Crippen LogP) is 2.77. The maximum Gasteiger partial charge on any atom is 0.162 e. The van der Waals surface area contributed by atoms with Gasteiger partial charge in [-0.05, 0) is 12.1 Å². The Balaban J connectivity index is 2.06. The minimum atomic E-state index is 0.724. The number of benzene rings is 1. The van der Waals surface area contributed by atoms with Crippen molar-refractivity contribution in [2.24, 2.45) is 0 Å². The molecule has 82 valence electrons. The van der Waals surface area contributed by atoms with E-state index in [2.05, 4.69) is 20.5 Å². The summed E-state index contributed by atoms with van der Waals surface area (Å²) in [6.07, 6.45) is 3.49. The largest absolute Gasteiger partial charge is 0.323 e. The van der Waals surface area contributed by atoms with E-state index in [9.17, 15) is 0 Å². The van der Waals surface area contributed by atoms with Gasteiger partial charge < -0.3 is 5.32 Å². The molecule has 0 amide bonds. The van der Waals surface area contributed by atoms with Crippen molar-refractivity contribution in [1.82, 2.24) is 15.2 Å². The van der Waals surface area contributed by atoms with Crippen molar-refractivity contribution in [3.05, 3.63) is 54.9 Å². The third-order valence-electron chi connectivity index (χ3n) is 2.48. The number of fused-ring (bicyclic) bond motifs is 1. The van der Waals surface area contributed by atoms with Crippen LogP contribution in [0.25, 0.3) is 10.8 Å². The summed E-state index contributed by atoms with van der Waals surface area (Å²) < 4.78 is 0. The average molecular weight is 222 g/mol. The molecule has 0 aliphatic heterocycles. The molecule has 0 saturated heterocycles. The van der Waals surface area contributed by atoms with E-state index < -0.39 is 0 Å². The molecule has 2 aromatic heterocycles. The van der Waals surface area contributed by atoms with Gasteiger partial charge in [0.2, 0.25) is 0 Å². The molecule has 0 fully saturated rings. The second kappa shape index (κ2) is 4.17. The van der Waals surface area contributed by atoms with Crippen molar-refractivity contribution >= 4 is 22.4 Å². The Morgan fingerprint density at radius 2 is 1.82 bits per heavy atom. The van der Waals surface area contributed by atoms with Crippen molar-refractivity contribution in [3.8, 4) is 0 Å². The van der Waals surface area contributed by atoms with Gasteiger partial charge in [-0.1, -0.05) is 30.3 Å². The smallest absolute Gasteiger partial charge is 0.162 e. The minimum absolute atomic E-state index is 0.724. The normalized spacial score (nSPS) is 10.4. The molecule has 0 aliphatic rings. The summed E-state index contributed by atoms with van der Waals surface area (Å²) in [4.78, 5) is 4.20. The highest BCUT2D eigenvalue weighted by molar-refractivity contribution is 5.92. The van der Waals surface area contributed by atoms with Crippen LogP contribution >= 0.6 is 0 Å². The number of aromatic nitrogens is 3. The molecule has 17 heavy (non-hydrogen) atoms. The molecule has 0 atom stereocenters. The summed E-state index contributed by atoms with van der Waals surface area (Å²) in [6, 6.07) is 13.7. The van der Waals surface area contributed by atoms with E-state index in [-0.39, 0.29) is 0 Å². The predicted molar refractivity (Wildman–Crippen MR) is 67.1 cm³/mol. The van der Waals surface area contributed by atoms with E-state index in [1.165, 1.54) is 0 Å². The van der Waals surface area contributed by atoms with E-state index in [4.69, 9.17) is 0 Å². The third-order valence-corrected chi connectivity index (χ3v) is 2.48. The van der Waals surface area contributed by atoms with E-state index >= 15 is 0 Å². The Morgan fingerprint density at radius 1 is 0.941 bits per heavy atom. The van der Waals surface area contributed by atoms with Gasteiger partial charge in [-0.15, -0.1) is 5.10 Å². The van der Waals surface area contributed by atoms with Gasteiger partial charge in [0.05, 0.1) is 6.20 Å². The van der Waals surface area contributed by atoms with Crippen molar-refractivity contribution in [2.75, 3.05) is 5.32 Å². The molecule has 0 radical (unpaired) electrons. The fourth-order valence-electron chi connectivity index (χ4n) is 1.68. The Bertz CT molecular complexity index is 632. The van der Waals surface area contributed by atoms with Crippen LogP contribution in [0.5, 0.6) is 0 Å². The second-order valence-electron chi connectivity index (χ2n) is 3.62. The Labute approximate surface area is 98.3 Å². The molecule has 3 aromatic rings. The Morgan fingerprint density at radius 3 is 2.71 bits per heavy atom. The summed E-state index contributed by atoms with van der Waals surface area (Å²) in [5.74, 6) is 1.49. The molecule has 1 N–H and O–H groups in total. The number of pyridine rings is 1. The van der Waals surface area contributed by atoms with Gasteiger partial charge in [-0.25, -0.2) is 4.98 Å². The lowest BCUT2D eigenvalue weighted by molar-refractivity contribution is 1.05. The number of hydrogen-bond acceptors (Lipinski definition) is 4. The van der Waals surface area contributed by atoms with Crippen molar-refractivity contribution < 1.29 is 0 Å². The molecule has 0 aliphatic carbocycles. The number of nitrogens with zero attached hydrogens (tertiary/aromatic N) is 3. The van der Waals surface area contributed by atoms with Crippen LogP contribution in [-0.2, 0) is 0 Å². The zero-order chi connectivity index (χ0) is 11.5. The highest BCUT2D eigenvalue weighted by Gasteiger charge is 2.02. The average Bonchev–Trinajstić information content (AvgIpc) is 2.40. The van der Waals surface area contributed by atoms with Gasteiger partial charge >= 0.3 is 0 Å². The van der Waals surface area contributed by atoms with Gasteiger partial charge in [-0.2, -0.15) is 5.10 Å². The number of nitrogens with one attached hydrogen (secondary N) is 1. The van der Waals surface area contributed by atoms with E-state index in [0.717, 1.165) is 22.4 Å². The first-order valence-corrected chi connectivity index (χ1v) is 5.32. The minimum Gasteiger partial charge on any atom is -0.323 e. The fraction of sp³-hybridized carbons (Fsp3) is 0. The Hall–Kier alpha value is -2.49. The van der Waals surface area contributed by atoms with Crippen LogP contribution < -0.4 is 5.32 Å². The van der Waals surface area contributed by atoms with Gasteiger partial charge in [0, 0.05) is 17.0 Å². The molecule has 0 saturated carbocycles. The van der Waals surface area contributed by atoms with E-state index in [0.29, 0.717) is 0 Å². The first-order valence-electron chi connectivity index (χ1n) is 5.32. The lowest BCUT2D eigenvalue weighted by Gasteiger charge is -2.06. The molecule has 4 nitrogen and oxygen atoms in total. The van der Waals surface area contributed by atoms with Crippen LogP contribution in [0.4, 0.5) is 11.6 Å². The topological polar surface area (TPSA) is 50.7 Å². The molecular formula is C13H10N4. The summed E-state index contributed by atoms with van der Waals surface area (Å²) in [5, 5.41) is 13.3. The van der Waals surface area contributed by atoms with Gasteiger partial charge in [-0.3, -0.25) is 0 Å². The van der Waals surface area contributed by atoms with E-state index in [1.807, 2.05) is 42.5 Å². The molecule has 0 unspecified atom stereocenters. The van der Waals surface area contributed by atoms with Gasteiger partial charge in [0.25, 0.3) is 0 Å². The number of rotatable bonds is 2. The van der Waals surface area contributed by atoms with Crippen LogP contribution in [0.2, 0.25) is 0 Å². The maximum absolute atomic E-state index is 4.20. The molecule has 3 rings (SSSR count). The SMILES string of the molecule is c1ccc(Nc2nncc3ccccc23)nc1. The molecule has 4 heteroatoms. The highest BCUT2D eigenvalue weighted by Crippen LogP contribution is 2.21. The molecule has 0 spiro atoms. The molecular weight excluding hydrogens is 212 g/mol. The summed E-state index contributed by atoms with van der Waals surface area (Å²) >= 11 is 0. The van der Waals surface area contributed by atoms with Crippen LogP contribution in [0.3, 0.4) is 0 Å². The standard InChI is InChI=1S/C13H10N4/c1-2-6-11-10(5-1)9-15-17-13(11)16-12-7-3-4-8-14-12/h1-9H,(H,14,16,17). The zero-order valence-corrected chi connectivity index (χ0v) is 9.04. The first-order chi connectivity index (χ1) is 8.43. The summed E-state index contributed by atoms with van der Waals surface area (Å²) in [6.45, 7) is 0.